The Bertz CT molecular complexity index is 124. The normalized spacial score (nSPS) is 10.7. The number of quaternary nitrogens is 1. The average Bonchev–Trinajstić information content (AvgIpc) is 2.13. The molecule has 0 N–H and O–H groups in total. The van der Waals surface area contributed by atoms with E-state index in [0.717, 1.165) is 37.3 Å². The van der Waals surface area contributed by atoms with Gasteiger partial charge < -0.3 is 21.6 Å². The van der Waals surface area contributed by atoms with E-state index >= 15 is 0 Å². The third-order valence-electron chi connectivity index (χ3n) is 2.63. The number of rotatable bonds is 7. The van der Waals surface area contributed by atoms with Crippen molar-refractivity contribution in [3.8, 4) is 0 Å². The van der Waals surface area contributed by atoms with Crippen LogP contribution in [-0.4, -0.2) is 44.4 Å². The molecule has 0 saturated carbocycles. The fraction of sp³-hybridized carbons (Fsp3) is 0.800. The number of hydrogen-bond acceptors (Lipinski definition) is 1. The zero-order chi connectivity index (χ0) is 9.45. The number of halogens is 1. The first-order valence-corrected chi connectivity index (χ1v) is 4.69. The highest BCUT2D eigenvalue weighted by Crippen LogP contribution is 2.05. The molecule has 0 aromatic rings. The van der Waals surface area contributed by atoms with Crippen LogP contribution < -0.4 is 12.4 Å². The first-order chi connectivity index (χ1) is 5.74. The third-order valence-corrected chi connectivity index (χ3v) is 2.63. The second-order valence-corrected chi connectivity index (χ2v) is 3.16. The molecule has 0 aromatic carbocycles. The molecule has 0 heterocycles. The van der Waals surface area contributed by atoms with Gasteiger partial charge in [-0.2, -0.15) is 0 Å². The highest BCUT2D eigenvalue weighted by molar-refractivity contribution is 4.65. The van der Waals surface area contributed by atoms with Crippen molar-refractivity contribution in [3.05, 3.63) is 12.7 Å². The molecule has 0 aromatic heterocycles. The van der Waals surface area contributed by atoms with Gasteiger partial charge in [-0.3, -0.25) is 0 Å². The van der Waals surface area contributed by atoms with Gasteiger partial charge in [0.1, 0.15) is 6.54 Å². The molecule has 0 rings (SSSR count). The summed E-state index contributed by atoms with van der Waals surface area (Å²) in [6, 6.07) is 0. The SMILES string of the molecule is C=CC[N+](CC)(CC)CCOC.[Cl-]. The number of ether oxygens (including phenoxy) is 1. The van der Waals surface area contributed by atoms with Gasteiger partial charge in [-0.15, -0.1) is 0 Å². The van der Waals surface area contributed by atoms with Crippen LogP contribution in [0, 0.1) is 0 Å². The van der Waals surface area contributed by atoms with Crippen molar-refractivity contribution in [2.45, 2.75) is 13.8 Å². The van der Waals surface area contributed by atoms with Crippen LogP contribution in [0.25, 0.3) is 0 Å². The van der Waals surface area contributed by atoms with E-state index < -0.39 is 0 Å². The van der Waals surface area contributed by atoms with E-state index in [1.54, 1.807) is 7.11 Å². The monoisotopic (exact) mass is 207 g/mol. The Morgan fingerprint density at radius 1 is 1.31 bits per heavy atom. The van der Waals surface area contributed by atoms with Gasteiger partial charge in [0.2, 0.25) is 0 Å². The lowest BCUT2D eigenvalue weighted by Crippen LogP contribution is -3.00. The summed E-state index contributed by atoms with van der Waals surface area (Å²) in [6.07, 6.45) is 2.00. The molecule has 0 aliphatic rings. The van der Waals surface area contributed by atoms with Gasteiger partial charge in [-0.25, -0.2) is 0 Å². The fourth-order valence-electron chi connectivity index (χ4n) is 1.45. The Hall–Kier alpha value is -0.0500. The minimum atomic E-state index is 0. The van der Waals surface area contributed by atoms with Crippen molar-refractivity contribution in [2.75, 3.05) is 39.9 Å². The quantitative estimate of drug-likeness (QED) is 0.372. The van der Waals surface area contributed by atoms with Crippen LogP contribution in [0.1, 0.15) is 13.8 Å². The van der Waals surface area contributed by atoms with Crippen molar-refractivity contribution < 1.29 is 21.6 Å². The molecule has 0 bridgehead atoms. The van der Waals surface area contributed by atoms with Gasteiger partial charge in [0.05, 0.1) is 26.2 Å². The highest BCUT2D eigenvalue weighted by atomic mass is 35.5. The Morgan fingerprint density at radius 3 is 2.15 bits per heavy atom. The first kappa shape index (κ1) is 15.4. The Labute approximate surface area is 88.6 Å². The van der Waals surface area contributed by atoms with Crippen LogP contribution >= 0.6 is 0 Å². The maximum absolute atomic E-state index is 5.10. The molecule has 0 radical (unpaired) electrons. The van der Waals surface area contributed by atoms with Crippen LogP contribution in [0.2, 0.25) is 0 Å². The maximum atomic E-state index is 5.10. The van der Waals surface area contributed by atoms with E-state index in [0.29, 0.717) is 0 Å². The second kappa shape index (κ2) is 8.54. The minimum absolute atomic E-state index is 0. The van der Waals surface area contributed by atoms with E-state index in [2.05, 4.69) is 20.4 Å². The molecule has 13 heavy (non-hydrogen) atoms. The summed E-state index contributed by atoms with van der Waals surface area (Å²) in [4.78, 5) is 0. The van der Waals surface area contributed by atoms with E-state index in [1.165, 1.54) is 0 Å². The summed E-state index contributed by atoms with van der Waals surface area (Å²) in [5.74, 6) is 0. The number of methoxy groups -OCH3 is 1. The second-order valence-electron chi connectivity index (χ2n) is 3.16. The molecule has 0 aliphatic carbocycles. The molecule has 80 valence electrons. The zero-order valence-corrected chi connectivity index (χ0v) is 9.81. The number of likely N-dealkylation sites (N-methyl/N-ethyl adjacent to an activating group) is 1. The molecule has 0 amide bonds. The van der Waals surface area contributed by atoms with Crippen molar-refractivity contribution >= 4 is 0 Å². The van der Waals surface area contributed by atoms with Crippen LogP contribution in [-0.2, 0) is 4.74 Å². The van der Waals surface area contributed by atoms with Gasteiger partial charge in [0.25, 0.3) is 0 Å². The molecule has 0 unspecified atom stereocenters. The molecule has 0 atom stereocenters. The van der Waals surface area contributed by atoms with E-state index in [-0.39, 0.29) is 12.4 Å². The van der Waals surface area contributed by atoms with Crippen molar-refractivity contribution in [1.82, 2.24) is 0 Å². The fourth-order valence-corrected chi connectivity index (χ4v) is 1.45. The third kappa shape index (κ3) is 5.29. The maximum Gasteiger partial charge on any atom is 0.103 e. The standard InChI is InChI=1S/C10H22NO.ClH/c1-5-8-11(6-2,7-3)9-10-12-4;/h5H,1,6-10H2,2-4H3;1H/q+1;/p-1. The van der Waals surface area contributed by atoms with E-state index in [4.69, 9.17) is 4.74 Å². The van der Waals surface area contributed by atoms with Crippen LogP contribution in [0.5, 0.6) is 0 Å². The molecular weight excluding hydrogens is 186 g/mol. The predicted octanol–water partition coefficient (Wildman–Crippen LogP) is -1.32. The average molecular weight is 208 g/mol. The van der Waals surface area contributed by atoms with Gasteiger partial charge in [0.15, 0.2) is 0 Å². The van der Waals surface area contributed by atoms with Gasteiger partial charge >= 0.3 is 0 Å². The predicted molar refractivity (Wildman–Crippen MR) is 53.1 cm³/mol. The molecule has 0 saturated heterocycles. The van der Waals surface area contributed by atoms with Crippen molar-refractivity contribution in [1.29, 1.82) is 0 Å². The lowest BCUT2D eigenvalue weighted by atomic mass is 10.3. The first-order valence-electron chi connectivity index (χ1n) is 4.69. The highest BCUT2D eigenvalue weighted by Gasteiger charge is 2.20. The van der Waals surface area contributed by atoms with E-state index in [9.17, 15) is 0 Å². The summed E-state index contributed by atoms with van der Waals surface area (Å²) < 4.78 is 6.19. The Morgan fingerprint density at radius 2 is 1.85 bits per heavy atom. The summed E-state index contributed by atoms with van der Waals surface area (Å²) in [6.45, 7) is 13.5. The lowest BCUT2D eigenvalue weighted by molar-refractivity contribution is -0.919. The molecule has 0 aliphatic heterocycles. The zero-order valence-electron chi connectivity index (χ0n) is 9.05. The lowest BCUT2D eigenvalue weighted by Gasteiger charge is -2.35. The summed E-state index contributed by atoms with van der Waals surface area (Å²) in [5.41, 5.74) is 0. The molecule has 0 fully saturated rings. The molecule has 0 spiro atoms. The smallest absolute Gasteiger partial charge is 0.103 e. The van der Waals surface area contributed by atoms with Crippen LogP contribution in [0.3, 0.4) is 0 Å². The number of nitrogens with zero attached hydrogens (tertiary/aromatic N) is 1. The van der Waals surface area contributed by atoms with Gasteiger partial charge in [0, 0.05) is 7.11 Å². The summed E-state index contributed by atoms with van der Waals surface area (Å²) in [5, 5.41) is 0. The molecule has 2 nitrogen and oxygen atoms in total. The molecular formula is C10H22ClNO. The summed E-state index contributed by atoms with van der Waals surface area (Å²) in [7, 11) is 1.76. The number of hydrogen-bond donors (Lipinski definition) is 0. The van der Waals surface area contributed by atoms with E-state index in [1.807, 2.05) is 6.08 Å². The largest absolute Gasteiger partial charge is 1.00 e. The van der Waals surface area contributed by atoms with Gasteiger partial charge in [-0.1, -0.05) is 6.58 Å². The topological polar surface area (TPSA) is 9.23 Å². The Kier molecular flexibility index (Phi) is 10.1. The van der Waals surface area contributed by atoms with Crippen LogP contribution in [0.4, 0.5) is 0 Å². The van der Waals surface area contributed by atoms with Crippen LogP contribution in [0.15, 0.2) is 12.7 Å². The minimum Gasteiger partial charge on any atom is -1.00 e. The van der Waals surface area contributed by atoms with Crippen molar-refractivity contribution in [2.24, 2.45) is 0 Å². The van der Waals surface area contributed by atoms with Gasteiger partial charge in [-0.05, 0) is 19.9 Å². The summed E-state index contributed by atoms with van der Waals surface area (Å²) >= 11 is 0. The Balaban J connectivity index is 0. The molecule has 3 heteroatoms. The van der Waals surface area contributed by atoms with Crippen molar-refractivity contribution in [3.63, 3.8) is 0 Å².